The molecule has 0 spiro atoms. The number of carbonyl (C=O) groups is 3. The first-order valence-corrected chi connectivity index (χ1v) is 7.56. The number of imide groups is 1. The third-order valence-corrected chi connectivity index (χ3v) is 3.87. The smallest absolute Gasteiger partial charge is 0.324 e. The lowest BCUT2D eigenvalue weighted by atomic mass is 10.1. The van der Waals surface area contributed by atoms with E-state index in [4.69, 9.17) is 4.84 Å². The van der Waals surface area contributed by atoms with Crippen LogP contribution in [-0.4, -0.2) is 32.6 Å². The van der Waals surface area contributed by atoms with E-state index in [0.29, 0.717) is 5.06 Å². The van der Waals surface area contributed by atoms with Gasteiger partial charge in [-0.05, 0) is 36.4 Å². The summed E-state index contributed by atoms with van der Waals surface area (Å²) in [6.45, 7) is 0. The van der Waals surface area contributed by atoms with E-state index in [1.807, 2.05) is 0 Å². The van der Waals surface area contributed by atoms with Crippen LogP contribution in [0, 0.1) is 5.82 Å². The van der Waals surface area contributed by atoms with Crippen molar-refractivity contribution < 1.29 is 23.6 Å². The van der Waals surface area contributed by atoms with E-state index in [9.17, 15) is 18.8 Å². The third kappa shape index (κ3) is 2.44. The van der Waals surface area contributed by atoms with Gasteiger partial charge < -0.3 is 4.84 Å². The van der Waals surface area contributed by atoms with Crippen LogP contribution in [0.4, 0.5) is 4.39 Å². The average Bonchev–Trinajstić information content (AvgIpc) is 3.26. The van der Waals surface area contributed by atoms with E-state index < -0.39 is 23.6 Å². The maximum atomic E-state index is 14.2. The van der Waals surface area contributed by atoms with E-state index >= 15 is 0 Å². The summed E-state index contributed by atoms with van der Waals surface area (Å²) < 4.78 is 15.5. The number of rotatable bonds is 3. The normalized spacial score (nSPS) is 13.0. The number of benzene rings is 2. The molecule has 0 atom stereocenters. The van der Waals surface area contributed by atoms with Crippen molar-refractivity contribution >= 4 is 17.8 Å². The number of hydrogen-bond acceptors (Lipinski definition) is 5. The minimum atomic E-state index is -1.02. The van der Waals surface area contributed by atoms with Gasteiger partial charge in [0.25, 0.3) is 11.8 Å². The predicted octanol–water partition coefficient (Wildman–Crippen LogP) is 2.38. The molecule has 2 heterocycles. The highest BCUT2D eigenvalue weighted by Crippen LogP contribution is 2.24. The van der Waals surface area contributed by atoms with Crippen LogP contribution in [-0.2, 0) is 4.84 Å². The molecule has 128 valence electrons. The summed E-state index contributed by atoms with van der Waals surface area (Å²) in [4.78, 5) is 41.5. The van der Waals surface area contributed by atoms with Crippen molar-refractivity contribution in [3.63, 3.8) is 0 Å². The SMILES string of the molecule is O=C(ON1C(=O)c2ccccc2C1=O)c1ccc(-n2cccn2)c(F)c1. The Morgan fingerprint density at radius 3 is 2.27 bits per heavy atom. The number of halogens is 1. The molecule has 4 rings (SSSR count). The molecule has 2 amide bonds. The first kappa shape index (κ1) is 15.7. The highest BCUT2D eigenvalue weighted by molar-refractivity contribution is 6.21. The molecule has 8 heteroatoms. The van der Waals surface area contributed by atoms with Gasteiger partial charge in [0.2, 0.25) is 0 Å². The summed E-state index contributed by atoms with van der Waals surface area (Å²) >= 11 is 0. The van der Waals surface area contributed by atoms with Crippen LogP contribution in [0.5, 0.6) is 0 Å². The van der Waals surface area contributed by atoms with Crippen LogP contribution >= 0.6 is 0 Å². The quantitative estimate of drug-likeness (QED) is 0.677. The second-order valence-electron chi connectivity index (χ2n) is 5.45. The van der Waals surface area contributed by atoms with Crippen LogP contribution < -0.4 is 0 Å². The number of aromatic nitrogens is 2. The Morgan fingerprint density at radius 2 is 1.69 bits per heavy atom. The minimum absolute atomic E-state index is 0.144. The lowest BCUT2D eigenvalue weighted by Gasteiger charge is -2.13. The number of hydrogen-bond donors (Lipinski definition) is 0. The molecular weight excluding hydrogens is 341 g/mol. The van der Waals surface area contributed by atoms with E-state index in [1.54, 1.807) is 24.4 Å². The molecule has 0 fully saturated rings. The Balaban J connectivity index is 1.57. The Bertz CT molecular complexity index is 1010. The second kappa shape index (κ2) is 5.92. The van der Waals surface area contributed by atoms with E-state index in [-0.39, 0.29) is 22.4 Å². The summed E-state index contributed by atoms with van der Waals surface area (Å²) in [5.74, 6) is -3.21. The first-order chi connectivity index (χ1) is 12.6. The minimum Gasteiger partial charge on any atom is -0.324 e. The second-order valence-corrected chi connectivity index (χ2v) is 5.45. The summed E-state index contributed by atoms with van der Waals surface area (Å²) in [7, 11) is 0. The summed E-state index contributed by atoms with van der Waals surface area (Å²) in [6, 6.07) is 11.4. The van der Waals surface area contributed by atoms with Crippen molar-refractivity contribution in [1.82, 2.24) is 14.8 Å². The molecule has 0 saturated heterocycles. The van der Waals surface area contributed by atoms with Crippen molar-refractivity contribution in [2.45, 2.75) is 0 Å². The number of carbonyl (C=O) groups excluding carboxylic acids is 3. The topological polar surface area (TPSA) is 81.5 Å². The van der Waals surface area contributed by atoms with E-state index in [0.717, 1.165) is 6.07 Å². The van der Waals surface area contributed by atoms with Gasteiger partial charge in [-0.15, -0.1) is 0 Å². The van der Waals surface area contributed by atoms with Gasteiger partial charge in [0.1, 0.15) is 11.5 Å². The Morgan fingerprint density at radius 1 is 1.00 bits per heavy atom. The van der Waals surface area contributed by atoms with Crippen LogP contribution in [0.2, 0.25) is 0 Å². The van der Waals surface area contributed by atoms with Crippen molar-refractivity contribution in [3.8, 4) is 5.69 Å². The maximum absolute atomic E-state index is 14.2. The van der Waals surface area contributed by atoms with Crippen molar-refractivity contribution in [2.24, 2.45) is 0 Å². The largest absolute Gasteiger partial charge is 0.364 e. The molecule has 7 nitrogen and oxygen atoms in total. The molecule has 1 aliphatic heterocycles. The van der Waals surface area contributed by atoms with Gasteiger partial charge in [-0.1, -0.05) is 17.2 Å². The number of hydroxylamine groups is 2. The fraction of sp³-hybridized carbons (Fsp3) is 0. The lowest BCUT2D eigenvalue weighted by molar-refractivity contribution is -0.0584. The van der Waals surface area contributed by atoms with Gasteiger partial charge in [0.05, 0.1) is 16.7 Å². The molecule has 0 N–H and O–H groups in total. The van der Waals surface area contributed by atoms with Crippen LogP contribution in [0.3, 0.4) is 0 Å². The Labute approximate surface area is 146 Å². The Hall–Kier alpha value is -3.81. The molecule has 0 saturated carbocycles. The number of fused-ring (bicyclic) bond motifs is 1. The van der Waals surface area contributed by atoms with Crippen LogP contribution in [0.15, 0.2) is 60.9 Å². The standard InChI is InChI=1S/C18H10FN3O4/c19-14-10-11(6-7-15(14)21-9-3-8-20-21)18(25)26-22-16(23)12-4-1-2-5-13(12)17(22)24/h1-10H. The zero-order valence-corrected chi connectivity index (χ0v) is 13.1. The first-order valence-electron chi connectivity index (χ1n) is 7.56. The third-order valence-electron chi connectivity index (χ3n) is 3.87. The molecular formula is C18H10FN3O4. The Kier molecular flexibility index (Phi) is 3.58. The maximum Gasteiger partial charge on any atom is 0.364 e. The number of amides is 2. The lowest BCUT2D eigenvalue weighted by Crippen LogP contribution is -2.32. The molecule has 0 bridgehead atoms. The van der Waals surface area contributed by atoms with Gasteiger partial charge in [0, 0.05) is 12.4 Å². The summed E-state index contributed by atoms with van der Waals surface area (Å²) in [6.07, 6.45) is 3.04. The van der Waals surface area contributed by atoms with E-state index in [1.165, 1.54) is 35.1 Å². The van der Waals surface area contributed by atoms with Gasteiger partial charge in [0.15, 0.2) is 0 Å². The highest BCUT2D eigenvalue weighted by Gasteiger charge is 2.38. The summed E-state index contributed by atoms with van der Waals surface area (Å²) in [5.41, 5.74) is 0.290. The highest BCUT2D eigenvalue weighted by atomic mass is 19.1. The van der Waals surface area contributed by atoms with Crippen LogP contribution in [0.1, 0.15) is 31.1 Å². The zero-order valence-electron chi connectivity index (χ0n) is 13.1. The fourth-order valence-corrected chi connectivity index (χ4v) is 2.62. The van der Waals surface area contributed by atoms with Crippen molar-refractivity contribution in [3.05, 3.63) is 83.4 Å². The van der Waals surface area contributed by atoms with Crippen molar-refractivity contribution in [2.75, 3.05) is 0 Å². The average molecular weight is 351 g/mol. The molecule has 0 unspecified atom stereocenters. The zero-order chi connectivity index (χ0) is 18.3. The predicted molar refractivity (Wildman–Crippen MR) is 85.9 cm³/mol. The summed E-state index contributed by atoms with van der Waals surface area (Å²) in [5, 5.41) is 4.29. The van der Waals surface area contributed by atoms with Gasteiger partial charge >= 0.3 is 5.97 Å². The molecule has 0 radical (unpaired) electrons. The van der Waals surface area contributed by atoms with Gasteiger partial charge in [-0.25, -0.2) is 13.9 Å². The van der Waals surface area contributed by atoms with Gasteiger partial charge in [-0.3, -0.25) is 9.59 Å². The van der Waals surface area contributed by atoms with Crippen molar-refractivity contribution in [1.29, 1.82) is 0 Å². The fourth-order valence-electron chi connectivity index (χ4n) is 2.62. The molecule has 1 aromatic heterocycles. The monoisotopic (exact) mass is 351 g/mol. The molecule has 0 aliphatic carbocycles. The molecule has 3 aromatic rings. The molecule has 1 aliphatic rings. The van der Waals surface area contributed by atoms with Gasteiger partial charge in [-0.2, -0.15) is 5.10 Å². The molecule has 26 heavy (non-hydrogen) atoms. The molecule has 2 aromatic carbocycles. The van der Waals surface area contributed by atoms with E-state index in [2.05, 4.69) is 5.10 Å². The van der Waals surface area contributed by atoms with Crippen LogP contribution in [0.25, 0.3) is 5.69 Å². The number of nitrogens with zero attached hydrogens (tertiary/aromatic N) is 3.